The summed E-state index contributed by atoms with van der Waals surface area (Å²) < 4.78 is 1.81. The van der Waals surface area contributed by atoms with E-state index in [-0.39, 0.29) is 23.5 Å². The van der Waals surface area contributed by atoms with Crippen molar-refractivity contribution in [2.75, 3.05) is 13.1 Å². The summed E-state index contributed by atoms with van der Waals surface area (Å²) >= 11 is 2.81. The third-order valence-electron chi connectivity index (χ3n) is 5.65. The van der Waals surface area contributed by atoms with E-state index in [0.29, 0.717) is 23.6 Å². The van der Waals surface area contributed by atoms with Crippen LogP contribution in [0.4, 0.5) is 4.79 Å². The molecule has 150 valence electrons. The molecule has 1 aliphatic heterocycles. The number of aryl methyl sites for hydroxylation is 2. The minimum atomic E-state index is -0.497. The summed E-state index contributed by atoms with van der Waals surface area (Å²) in [7, 11) is 0. The van der Waals surface area contributed by atoms with E-state index in [1.807, 2.05) is 18.4 Å². The van der Waals surface area contributed by atoms with E-state index in [2.05, 4.69) is 5.32 Å². The normalized spacial score (nSPS) is 18.8. The molecule has 1 unspecified atom stereocenters. The summed E-state index contributed by atoms with van der Waals surface area (Å²) in [6.45, 7) is 6.62. The van der Waals surface area contributed by atoms with Gasteiger partial charge in [0.05, 0.1) is 10.6 Å². The molecule has 2 aliphatic rings. The lowest BCUT2D eigenvalue weighted by Gasteiger charge is -2.21. The number of carbonyl (C=O) groups excluding carboxylic acids is 2. The van der Waals surface area contributed by atoms with Crippen LogP contribution in [0, 0.1) is 13.8 Å². The quantitative estimate of drug-likeness (QED) is 0.606. The minimum absolute atomic E-state index is 0.000172. The van der Waals surface area contributed by atoms with E-state index < -0.39 is 5.25 Å². The molecular weight excluding hydrogens is 396 g/mol. The standard InChI is InChI=1S/C19H24N4O3S2/c1-10-11(2)27-15-14(10)17(25)23(13-6-4-5-7-13)19(21-15)28-12(3)16(24)22-9-8-20-18(22)26/h12-13H,4-9H2,1-3H3,(H,20,26). The molecule has 1 N–H and O–H groups in total. The monoisotopic (exact) mass is 420 g/mol. The Morgan fingerprint density at radius 1 is 1.29 bits per heavy atom. The van der Waals surface area contributed by atoms with E-state index in [1.165, 1.54) is 28.0 Å². The third kappa shape index (κ3) is 3.24. The van der Waals surface area contributed by atoms with Gasteiger partial charge in [0.2, 0.25) is 5.91 Å². The lowest BCUT2D eigenvalue weighted by Crippen LogP contribution is -2.39. The van der Waals surface area contributed by atoms with Crippen LogP contribution in [0.25, 0.3) is 10.2 Å². The van der Waals surface area contributed by atoms with Gasteiger partial charge in [-0.2, -0.15) is 0 Å². The van der Waals surface area contributed by atoms with Gasteiger partial charge in [-0.15, -0.1) is 11.3 Å². The fraction of sp³-hybridized carbons (Fsp3) is 0.579. The summed E-state index contributed by atoms with van der Waals surface area (Å²) in [5.74, 6) is -0.245. The Kier molecular flexibility index (Phi) is 5.22. The predicted octanol–water partition coefficient (Wildman–Crippen LogP) is 3.22. The zero-order valence-electron chi connectivity index (χ0n) is 16.3. The number of carbonyl (C=O) groups is 2. The van der Waals surface area contributed by atoms with Crippen molar-refractivity contribution in [3.8, 4) is 0 Å². The lowest BCUT2D eigenvalue weighted by atomic mass is 10.2. The van der Waals surface area contributed by atoms with Crippen molar-refractivity contribution in [2.24, 2.45) is 0 Å². The number of urea groups is 1. The van der Waals surface area contributed by atoms with Crippen LogP contribution in [0.1, 0.15) is 49.1 Å². The molecule has 1 aliphatic carbocycles. The molecule has 3 heterocycles. The lowest BCUT2D eigenvalue weighted by molar-refractivity contribution is -0.126. The first kappa shape index (κ1) is 19.4. The number of nitrogens with zero attached hydrogens (tertiary/aromatic N) is 3. The van der Waals surface area contributed by atoms with E-state index in [1.54, 1.807) is 6.92 Å². The maximum atomic E-state index is 13.4. The topological polar surface area (TPSA) is 84.3 Å². The van der Waals surface area contributed by atoms with Crippen LogP contribution in [0.3, 0.4) is 0 Å². The Bertz CT molecular complexity index is 1010. The number of fused-ring (bicyclic) bond motifs is 1. The molecule has 2 aromatic heterocycles. The third-order valence-corrected chi connectivity index (χ3v) is 7.80. The van der Waals surface area contributed by atoms with Gasteiger partial charge in [0, 0.05) is 24.0 Å². The number of imide groups is 1. The highest BCUT2D eigenvalue weighted by atomic mass is 32.2. The van der Waals surface area contributed by atoms with E-state index in [9.17, 15) is 14.4 Å². The fourth-order valence-corrected chi connectivity index (χ4v) is 6.08. The Morgan fingerprint density at radius 3 is 2.64 bits per heavy atom. The van der Waals surface area contributed by atoms with E-state index >= 15 is 0 Å². The van der Waals surface area contributed by atoms with Gasteiger partial charge in [0.25, 0.3) is 5.56 Å². The molecule has 3 amide bonds. The number of nitrogens with one attached hydrogen (secondary N) is 1. The van der Waals surface area contributed by atoms with Crippen molar-refractivity contribution in [3.63, 3.8) is 0 Å². The second kappa shape index (κ2) is 7.51. The number of thiophene rings is 1. The Hall–Kier alpha value is -1.87. The molecule has 28 heavy (non-hydrogen) atoms. The van der Waals surface area contributed by atoms with Crippen LogP contribution >= 0.6 is 23.1 Å². The zero-order valence-corrected chi connectivity index (χ0v) is 17.9. The number of rotatable bonds is 4. The first-order chi connectivity index (χ1) is 13.4. The van der Waals surface area contributed by atoms with Crippen molar-refractivity contribution < 1.29 is 9.59 Å². The van der Waals surface area contributed by atoms with Gasteiger partial charge < -0.3 is 5.32 Å². The van der Waals surface area contributed by atoms with Crippen molar-refractivity contribution >= 4 is 45.3 Å². The summed E-state index contributed by atoms with van der Waals surface area (Å²) in [4.78, 5) is 45.8. The highest BCUT2D eigenvalue weighted by Gasteiger charge is 2.32. The second-order valence-corrected chi connectivity index (χ2v) is 9.96. The van der Waals surface area contributed by atoms with Gasteiger partial charge in [0.15, 0.2) is 5.16 Å². The molecule has 2 aromatic rings. The van der Waals surface area contributed by atoms with Crippen LogP contribution < -0.4 is 10.9 Å². The molecule has 2 fully saturated rings. The number of amides is 3. The zero-order chi connectivity index (χ0) is 20.0. The number of hydrogen-bond acceptors (Lipinski definition) is 6. The smallest absolute Gasteiger partial charge is 0.324 e. The van der Waals surface area contributed by atoms with Crippen LogP contribution in [0.5, 0.6) is 0 Å². The highest BCUT2D eigenvalue weighted by Crippen LogP contribution is 2.35. The van der Waals surface area contributed by atoms with Crippen molar-refractivity contribution in [1.82, 2.24) is 19.8 Å². The molecule has 1 saturated heterocycles. The summed E-state index contributed by atoms with van der Waals surface area (Å²) in [5.41, 5.74) is 0.999. The number of thioether (sulfide) groups is 1. The maximum absolute atomic E-state index is 13.4. The van der Waals surface area contributed by atoms with Gasteiger partial charge in [-0.25, -0.2) is 9.78 Å². The van der Waals surface area contributed by atoms with Gasteiger partial charge in [-0.05, 0) is 39.2 Å². The Balaban J connectivity index is 1.74. The summed E-state index contributed by atoms with van der Waals surface area (Å²) in [6, 6.07) is -0.220. The maximum Gasteiger partial charge on any atom is 0.324 e. The van der Waals surface area contributed by atoms with Crippen molar-refractivity contribution in [2.45, 2.75) is 62.9 Å². The van der Waals surface area contributed by atoms with Crippen LogP contribution in [-0.2, 0) is 4.79 Å². The summed E-state index contributed by atoms with van der Waals surface area (Å²) in [5, 5.41) is 3.45. The highest BCUT2D eigenvalue weighted by molar-refractivity contribution is 8.00. The van der Waals surface area contributed by atoms with Gasteiger partial charge in [-0.1, -0.05) is 24.6 Å². The first-order valence-electron chi connectivity index (χ1n) is 9.66. The van der Waals surface area contributed by atoms with Gasteiger partial charge in [0.1, 0.15) is 4.83 Å². The molecule has 9 heteroatoms. The Morgan fingerprint density at radius 2 is 2.00 bits per heavy atom. The largest absolute Gasteiger partial charge is 0.336 e. The van der Waals surface area contributed by atoms with Gasteiger partial charge >= 0.3 is 6.03 Å². The predicted molar refractivity (Wildman–Crippen MR) is 111 cm³/mol. The second-order valence-electron chi connectivity index (χ2n) is 7.45. The van der Waals surface area contributed by atoms with Crippen LogP contribution in [0.15, 0.2) is 9.95 Å². The van der Waals surface area contributed by atoms with E-state index in [4.69, 9.17) is 4.98 Å². The van der Waals surface area contributed by atoms with Crippen LogP contribution in [0.2, 0.25) is 0 Å². The molecule has 0 radical (unpaired) electrons. The molecular formula is C19H24N4O3S2. The molecule has 0 spiro atoms. The molecule has 1 saturated carbocycles. The first-order valence-corrected chi connectivity index (χ1v) is 11.4. The molecule has 7 nitrogen and oxygen atoms in total. The SMILES string of the molecule is Cc1sc2nc(SC(C)C(=O)N3CCNC3=O)n(C3CCCC3)c(=O)c2c1C. The van der Waals surface area contributed by atoms with E-state index in [0.717, 1.165) is 41.0 Å². The number of aromatic nitrogens is 2. The van der Waals surface area contributed by atoms with Crippen LogP contribution in [-0.4, -0.2) is 44.7 Å². The fourth-order valence-electron chi connectivity index (χ4n) is 3.97. The average molecular weight is 421 g/mol. The van der Waals surface area contributed by atoms with Crippen molar-refractivity contribution in [3.05, 3.63) is 20.8 Å². The minimum Gasteiger partial charge on any atom is -0.336 e. The van der Waals surface area contributed by atoms with Gasteiger partial charge in [-0.3, -0.25) is 19.1 Å². The molecule has 4 rings (SSSR count). The number of hydrogen-bond donors (Lipinski definition) is 1. The van der Waals surface area contributed by atoms with Crippen molar-refractivity contribution in [1.29, 1.82) is 0 Å². The molecule has 0 aromatic carbocycles. The molecule has 1 atom stereocenters. The molecule has 0 bridgehead atoms. The summed E-state index contributed by atoms with van der Waals surface area (Å²) in [6.07, 6.45) is 4.12. The Labute approximate surface area is 171 Å². The average Bonchev–Trinajstić information content (AvgIpc) is 3.37.